The zero-order chi connectivity index (χ0) is 10.1. The van der Waals surface area contributed by atoms with Gasteiger partial charge in [0.2, 0.25) is 5.52 Å². The van der Waals surface area contributed by atoms with Crippen molar-refractivity contribution in [1.29, 1.82) is 0 Å². The van der Waals surface area contributed by atoms with Crippen molar-refractivity contribution in [2.75, 3.05) is 0 Å². The highest BCUT2D eigenvalue weighted by molar-refractivity contribution is 5.74. The van der Waals surface area contributed by atoms with E-state index in [1.807, 2.05) is 0 Å². The van der Waals surface area contributed by atoms with Crippen molar-refractivity contribution >= 4 is 17.1 Å². The third kappa shape index (κ3) is 1.31. The standard InChI is InChI=1S/C8H7N3O3/c9-4-5-1-2-6-7(3-5)14-8(10-6)11(12)13/h1-3H,4,9H2. The van der Waals surface area contributed by atoms with E-state index in [0.29, 0.717) is 17.6 Å². The summed E-state index contributed by atoms with van der Waals surface area (Å²) in [5.41, 5.74) is 7.12. The van der Waals surface area contributed by atoms with Crippen LogP contribution < -0.4 is 5.73 Å². The molecule has 0 bridgehead atoms. The molecular weight excluding hydrogens is 186 g/mol. The van der Waals surface area contributed by atoms with Crippen molar-refractivity contribution in [2.45, 2.75) is 6.54 Å². The fraction of sp³-hybridized carbons (Fsp3) is 0.125. The number of nitrogens with two attached hydrogens (primary N) is 1. The van der Waals surface area contributed by atoms with Gasteiger partial charge < -0.3 is 20.3 Å². The zero-order valence-corrected chi connectivity index (χ0v) is 7.14. The van der Waals surface area contributed by atoms with Crippen LogP contribution in [0.4, 0.5) is 6.01 Å². The SMILES string of the molecule is NCc1ccc2nc([N+](=O)[O-])oc2c1. The zero-order valence-electron chi connectivity index (χ0n) is 7.14. The van der Waals surface area contributed by atoms with E-state index in [4.69, 9.17) is 10.2 Å². The largest absolute Gasteiger partial charge is 0.546 e. The molecule has 0 saturated heterocycles. The minimum Gasteiger partial charge on any atom is -0.381 e. The van der Waals surface area contributed by atoms with Crippen LogP contribution in [0.25, 0.3) is 11.1 Å². The van der Waals surface area contributed by atoms with Gasteiger partial charge in [-0.25, -0.2) is 0 Å². The molecule has 2 N–H and O–H groups in total. The van der Waals surface area contributed by atoms with Crippen LogP contribution in [-0.2, 0) is 6.54 Å². The molecule has 0 unspecified atom stereocenters. The highest BCUT2D eigenvalue weighted by Crippen LogP contribution is 2.21. The van der Waals surface area contributed by atoms with Crippen molar-refractivity contribution in [3.8, 4) is 0 Å². The van der Waals surface area contributed by atoms with Gasteiger partial charge in [-0.15, -0.1) is 0 Å². The van der Waals surface area contributed by atoms with E-state index in [2.05, 4.69) is 4.98 Å². The molecule has 0 radical (unpaired) electrons. The number of oxazole rings is 1. The van der Waals surface area contributed by atoms with Gasteiger partial charge in [-0.05, 0) is 17.7 Å². The van der Waals surface area contributed by atoms with Crippen LogP contribution >= 0.6 is 0 Å². The van der Waals surface area contributed by atoms with Gasteiger partial charge in [0, 0.05) is 16.5 Å². The molecule has 0 aliphatic heterocycles. The number of nitro groups is 1. The second kappa shape index (κ2) is 3.08. The quantitative estimate of drug-likeness (QED) is 0.571. The third-order valence-electron chi connectivity index (χ3n) is 1.83. The molecule has 1 aromatic heterocycles. The molecule has 0 saturated carbocycles. The lowest BCUT2D eigenvalue weighted by Crippen LogP contribution is -1.94. The molecule has 0 spiro atoms. The van der Waals surface area contributed by atoms with Crippen LogP contribution in [-0.4, -0.2) is 9.91 Å². The van der Waals surface area contributed by atoms with Gasteiger partial charge in [-0.2, -0.15) is 0 Å². The first-order valence-corrected chi connectivity index (χ1v) is 3.94. The monoisotopic (exact) mass is 193 g/mol. The van der Waals surface area contributed by atoms with Crippen molar-refractivity contribution < 1.29 is 9.34 Å². The molecule has 0 aliphatic carbocycles. The third-order valence-corrected chi connectivity index (χ3v) is 1.83. The maximum atomic E-state index is 10.3. The summed E-state index contributed by atoms with van der Waals surface area (Å²) in [5, 5.41) is 10.3. The summed E-state index contributed by atoms with van der Waals surface area (Å²) in [5.74, 6) is 0. The van der Waals surface area contributed by atoms with Crippen LogP contribution in [0.3, 0.4) is 0 Å². The topological polar surface area (TPSA) is 95.2 Å². The van der Waals surface area contributed by atoms with Gasteiger partial charge >= 0.3 is 6.01 Å². The lowest BCUT2D eigenvalue weighted by Gasteiger charge is -1.91. The van der Waals surface area contributed by atoms with Gasteiger partial charge in [-0.1, -0.05) is 6.07 Å². The van der Waals surface area contributed by atoms with Gasteiger partial charge in [0.25, 0.3) is 0 Å². The van der Waals surface area contributed by atoms with Crippen LogP contribution in [0, 0.1) is 10.1 Å². The molecule has 0 atom stereocenters. The highest BCUT2D eigenvalue weighted by atomic mass is 16.7. The van der Waals surface area contributed by atoms with E-state index in [9.17, 15) is 10.1 Å². The summed E-state index contributed by atoms with van der Waals surface area (Å²) in [6, 6.07) is 4.56. The summed E-state index contributed by atoms with van der Waals surface area (Å²) in [4.78, 5) is 13.4. The first-order valence-electron chi connectivity index (χ1n) is 3.94. The van der Waals surface area contributed by atoms with Crippen LogP contribution in [0.15, 0.2) is 22.6 Å². The maximum absolute atomic E-state index is 10.3. The van der Waals surface area contributed by atoms with Gasteiger partial charge in [0.05, 0.1) is 0 Å². The number of hydrogen-bond acceptors (Lipinski definition) is 5. The Labute approximate surface area is 78.5 Å². The second-order valence-electron chi connectivity index (χ2n) is 2.76. The van der Waals surface area contributed by atoms with Crippen molar-refractivity contribution in [1.82, 2.24) is 4.98 Å². The predicted molar refractivity (Wildman–Crippen MR) is 48.6 cm³/mol. The number of rotatable bonds is 2. The average Bonchev–Trinajstić information content (AvgIpc) is 2.59. The minimum atomic E-state index is -0.665. The van der Waals surface area contributed by atoms with E-state index < -0.39 is 10.9 Å². The Balaban J connectivity index is 2.60. The Hall–Kier alpha value is -1.95. The number of hydrogen-bond donors (Lipinski definition) is 1. The molecule has 6 nitrogen and oxygen atoms in total. The fourth-order valence-corrected chi connectivity index (χ4v) is 1.16. The second-order valence-corrected chi connectivity index (χ2v) is 2.76. The molecule has 14 heavy (non-hydrogen) atoms. The molecule has 1 aromatic carbocycles. The molecule has 1 heterocycles. The Bertz CT molecular complexity index is 492. The molecule has 2 rings (SSSR count). The molecular formula is C8H7N3O3. The van der Waals surface area contributed by atoms with E-state index in [0.717, 1.165) is 5.56 Å². The summed E-state index contributed by atoms with van der Waals surface area (Å²) in [7, 11) is 0. The summed E-state index contributed by atoms with van der Waals surface area (Å²) >= 11 is 0. The van der Waals surface area contributed by atoms with E-state index in [1.165, 1.54) is 0 Å². The summed E-state index contributed by atoms with van der Waals surface area (Å²) in [6.45, 7) is 0.366. The number of fused-ring (bicyclic) bond motifs is 1. The lowest BCUT2D eigenvalue weighted by atomic mass is 10.2. The molecule has 2 aromatic rings. The van der Waals surface area contributed by atoms with E-state index >= 15 is 0 Å². The number of aromatic nitrogens is 1. The molecule has 6 heteroatoms. The maximum Gasteiger partial charge on any atom is 0.546 e. The van der Waals surface area contributed by atoms with Crippen molar-refractivity contribution in [3.05, 3.63) is 33.9 Å². The van der Waals surface area contributed by atoms with Crippen LogP contribution in [0.5, 0.6) is 0 Å². The minimum absolute atomic E-state index is 0.366. The van der Waals surface area contributed by atoms with E-state index in [1.54, 1.807) is 18.2 Å². The number of nitrogens with zero attached hydrogens (tertiary/aromatic N) is 2. The van der Waals surface area contributed by atoms with Crippen molar-refractivity contribution in [2.24, 2.45) is 5.73 Å². The Morgan fingerprint density at radius 1 is 1.57 bits per heavy atom. The Morgan fingerprint density at radius 3 is 3.00 bits per heavy atom. The Kier molecular flexibility index (Phi) is 1.90. The molecule has 72 valence electrons. The van der Waals surface area contributed by atoms with Crippen LogP contribution in [0.2, 0.25) is 0 Å². The van der Waals surface area contributed by atoms with E-state index in [-0.39, 0.29) is 0 Å². The summed E-state index contributed by atoms with van der Waals surface area (Å²) in [6.07, 6.45) is 0. The fourth-order valence-electron chi connectivity index (χ4n) is 1.16. The smallest absolute Gasteiger partial charge is 0.381 e. The van der Waals surface area contributed by atoms with Gasteiger partial charge in [0.15, 0.2) is 5.58 Å². The highest BCUT2D eigenvalue weighted by Gasteiger charge is 2.17. The average molecular weight is 193 g/mol. The van der Waals surface area contributed by atoms with Gasteiger partial charge in [-0.3, -0.25) is 0 Å². The normalized spacial score (nSPS) is 10.6. The first kappa shape index (κ1) is 8.64. The predicted octanol–water partition coefficient (Wildman–Crippen LogP) is 1.19. The van der Waals surface area contributed by atoms with Crippen molar-refractivity contribution in [3.63, 3.8) is 0 Å². The van der Waals surface area contributed by atoms with Gasteiger partial charge in [0.1, 0.15) is 0 Å². The Morgan fingerprint density at radius 2 is 2.36 bits per heavy atom. The molecule has 0 amide bonds. The molecule has 0 fully saturated rings. The number of benzene rings is 1. The summed E-state index contributed by atoms with van der Waals surface area (Å²) < 4.78 is 4.91. The lowest BCUT2D eigenvalue weighted by molar-refractivity contribution is -0.406. The van der Waals surface area contributed by atoms with Crippen LogP contribution in [0.1, 0.15) is 5.56 Å². The first-order chi connectivity index (χ1) is 6.70. The molecule has 0 aliphatic rings.